The molecule has 4 aliphatic rings. The van der Waals surface area contributed by atoms with E-state index >= 15 is 0 Å². The van der Waals surface area contributed by atoms with Crippen LogP contribution in [0.2, 0.25) is 0 Å². The third kappa shape index (κ3) is 2.89. The van der Waals surface area contributed by atoms with Crippen LogP contribution in [0.4, 0.5) is 0 Å². The summed E-state index contributed by atoms with van der Waals surface area (Å²) in [6, 6.07) is 0. The summed E-state index contributed by atoms with van der Waals surface area (Å²) in [5, 5.41) is 8.53. The minimum Gasteiger partial charge on any atom is -0.374 e. The third-order valence-electron chi connectivity index (χ3n) is 8.13. The lowest BCUT2D eigenvalue weighted by atomic mass is 9.68. The van der Waals surface area contributed by atoms with Crippen molar-refractivity contribution in [2.24, 2.45) is 5.92 Å². The van der Waals surface area contributed by atoms with Gasteiger partial charge in [0.25, 0.3) is 0 Å². The number of fused-ring (bicyclic) bond motifs is 1. The maximum absolute atomic E-state index is 13.1. The summed E-state index contributed by atoms with van der Waals surface area (Å²) >= 11 is 0. The van der Waals surface area contributed by atoms with Gasteiger partial charge < -0.3 is 9.64 Å². The monoisotopic (exact) mass is 387 g/mol. The van der Waals surface area contributed by atoms with Crippen LogP contribution in [0.1, 0.15) is 64.5 Å². The number of hydrogen-bond acceptors (Lipinski definition) is 5. The summed E-state index contributed by atoms with van der Waals surface area (Å²) in [5.74, 6) is 1.01. The minimum atomic E-state index is -0.0114. The average molecular weight is 388 g/mol. The molecule has 1 unspecified atom stereocenters. The van der Waals surface area contributed by atoms with Crippen LogP contribution in [0.15, 0.2) is 6.20 Å². The van der Waals surface area contributed by atoms with Gasteiger partial charge in [0.1, 0.15) is 0 Å². The van der Waals surface area contributed by atoms with Crippen LogP contribution >= 0.6 is 0 Å². The summed E-state index contributed by atoms with van der Waals surface area (Å²) in [7, 11) is 0. The van der Waals surface area contributed by atoms with E-state index in [0.29, 0.717) is 6.42 Å². The van der Waals surface area contributed by atoms with Gasteiger partial charge in [-0.1, -0.05) is 5.21 Å². The maximum atomic E-state index is 13.1. The number of aryl methyl sites for hydroxylation is 1. The molecule has 154 valence electrons. The highest BCUT2D eigenvalue weighted by Gasteiger charge is 2.53. The van der Waals surface area contributed by atoms with Gasteiger partial charge in [0.2, 0.25) is 5.91 Å². The lowest BCUT2D eigenvalue weighted by Crippen LogP contribution is -2.63. The van der Waals surface area contributed by atoms with Crippen molar-refractivity contribution in [1.29, 1.82) is 0 Å². The van der Waals surface area contributed by atoms with Gasteiger partial charge in [-0.2, -0.15) is 0 Å². The van der Waals surface area contributed by atoms with Crippen LogP contribution in [-0.4, -0.2) is 67.6 Å². The second kappa shape index (κ2) is 6.80. The number of rotatable bonds is 5. The van der Waals surface area contributed by atoms with Gasteiger partial charge in [-0.05, 0) is 58.3 Å². The molecule has 0 N–H and O–H groups in total. The second-order valence-corrected chi connectivity index (χ2v) is 9.59. The highest BCUT2D eigenvalue weighted by atomic mass is 16.5. The van der Waals surface area contributed by atoms with Gasteiger partial charge in [-0.3, -0.25) is 14.4 Å². The van der Waals surface area contributed by atoms with Crippen molar-refractivity contribution in [3.63, 3.8) is 0 Å². The first kappa shape index (κ1) is 18.6. The molecular formula is C21H33N5O2. The summed E-state index contributed by atoms with van der Waals surface area (Å²) in [6.45, 7) is 8.49. The number of likely N-dealkylation sites (tertiary alicyclic amines) is 1. The molecule has 0 radical (unpaired) electrons. The Hall–Kier alpha value is -1.47. The number of amides is 1. The van der Waals surface area contributed by atoms with E-state index in [4.69, 9.17) is 4.74 Å². The number of nitrogens with zero attached hydrogens (tertiary/aromatic N) is 5. The largest absolute Gasteiger partial charge is 0.374 e. The first-order chi connectivity index (χ1) is 13.5. The van der Waals surface area contributed by atoms with E-state index in [0.717, 1.165) is 50.8 Å². The lowest BCUT2D eigenvalue weighted by molar-refractivity contribution is -0.161. The first-order valence-corrected chi connectivity index (χ1v) is 11.1. The van der Waals surface area contributed by atoms with Crippen molar-refractivity contribution in [1.82, 2.24) is 24.8 Å². The normalized spacial score (nSPS) is 34.1. The highest BCUT2D eigenvalue weighted by Crippen LogP contribution is 2.50. The Morgan fingerprint density at radius 1 is 1.32 bits per heavy atom. The van der Waals surface area contributed by atoms with E-state index in [1.807, 2.05) is 10.9 Å². The molecular weight excluding hydrogens is 354 g/mol. The highest BCUT2D eigenvalue weighted by molar-refractivity contribution is 5.78. The number of ether oxygens (including phenoxy) is 1. The molecule has 4 fully saturated rings. The summed E-state index contributed by atoms with van der Waals surface area (Å²) in [5.41, 5.74) is 1.29. The fourth-order valence-electron chi connectivity index (χ4n) is 5.85. The van der Waals surface area contributed by atoms with E-state index in [2.05, 4.69) is 34.0 Å². The molecule has 0 aromatic carbocycles. The molecule has 2 saturated heterocycles. The second-order valence-electron chi connectivity index (χ2n) is 9.59. The molecule has 7 heteroatoms. The van der Waals surface area contributed by atoms with Crippen molar-refractivity contribution >= 4 is 5.91 Å². The van der Waals surface area contributed by atoms with Crippen LogP contribution in [0, 0.1) is 5.92 Å². The van der Waals surface area contributed by atoms with Gasteiger partial charge >= 0.3 is 0 Å². The molecule has 0 bridgehead atoms. The van der Waals surface area contributed by atoms with Crippen molar-refractivity contribution < 1.29 is 9.53 Å². The Bertz CT molecular complexity index is 745. The Morgan fingerprint density at radius 3 is 2.79 bits per heavy atom. The van der Waals surface area contributed by atoms with Crippen LogP contribution in [0.25, 0.3) is 0 Å². The molecule has 5 rings (SSSR count). The number of carbonyl (C=O) groups is 1. The van der Waals surface area contributed by atoms with Crippen molar-refractivity contribution in [3.05, 3.63) is 11.9 Å². The molecule has 2 saturated carbocycles. The van der Waals surface area contributed by atoms with Crippen molar-refractivity contribution in [2.45, 2.75) is 89.1 Å². The SMILES string of the molecule is CCn1cc(CN2CC(CC(=O)N3CC[C@@H]4CC[C@@]43C)OCC23CCC3)nn1. The molecule has 2 aliphatic heterocycles. The molecule has 1 aromatic rings. The topological polar surface area (TPSA) is 63.5 Å². The van der Waals surface area contributed by atoms with Gasteiger partial charge in [-0.25, -0.2) is 0 Å². The van der Waals surface area contributed by atoms with Crippen molar-refractivity contribution in [3.8, 4) is 0 Å². The molecule has 1 spiro atoms. The quantitative estimate of drug-likeness (QED) is 0.775. The zero-order valence-corrected chi connectivity index (χ0v) is 17.3. The number of carbonyl (C=O) groups excluding carboxylic acids is 1. The Kier molecular flexibility index (Phi) is 4.51. The van der Waals surface area contributed by atoms with Gasteiger partial charge in [0, 0.05) is 43.5 Å². The van der Waals surface area contributed by atoms with Crippen LogP contribution in [-0.2, 0) is 22.6 Å². The molecule has 7 nitrogen and oxygen atoms in total. The minimum absolute atomic E-state index is 0.0114. The standard InChI is InChI=1S/C21H33N5O2/c1-3-25-13-17(22-23-25)12-24-14-18(28-15-21(24)7-4-8-21)11-19(27)26-10-6-16-5-9-20(16,26)2/h13,16,18H,3-12,14-15H2,1-2H3/t16-,18?,20-/m0/s1. The van der Waals surface area contributed by atoms with Crippen molar-refractivity contribution in [2.75, 3.05) is 19.7 Å². The van der Waals surface area contributed by atoms with Gasteiger partial charge in [-0.15, -0.1) is 5.10 Å². The van der Waals surface area contributed by atoms with E-state index in [-0.39, 0.29) is 23.1 Å². The van der Waals surface area contributed by atoms with E-state index < -0.39 is 0 Å². The van der Waals surface area contributed by atoms with Crippen LogP contribution in [0.5, 0.6) is 0 Å². The number of hydrogen-bond donors (Lipinski definition) is 0. The Labute approximate surface area is 167 Å². The van der Waals surface area contributed by atoms with E-state index in [1.54, 1.807) is 0 Å². The molecule has 2 aliphatic carbocycles. The number of aromatic nitrogens is 3. The first-order valence-electron chi connectivity index (χ1n) is 11.1. The lowest BCUT2D eigenvalue weighted by Gasteiger charge is -2.54. The van der Waals surface area contributed by atoms with Gasteiger partial charge in [0.15, 0.2) is 0 Å². The summed E-state index contributed by atoms with van der Waals surface area (Å²) < 4.78 is 8.13. The predicted molar refractivity (Wildman–Crippen MR) is 105 cm³/mol. The van der Waals surface area contributed by atoms with Crippen LogP contribution in [0.3, 0.4) is 0 Å². The van der Waals surface area contributed by atoms with E-state index in [9.17, 15) is 4.79 Å². The van der Waals surface area contributed by atoms with Crippen LogP contribution < -0.4 is 0 Å². The fraction of sp³-hybridized carbons (Fsp3) is 0.857. The van der Waals surface area contributed by atoms with E-state index in [1.165, 1.54) is 32.1 Å². The predicted octanol–water partition coefficient (Wildman–Crippen LogP) is 2.21. The smallest absolute Gasteiger partial charge is 0.225 e. The van der Waals surface area contributed by atoms with Gasteiger partial charge in [0.05, 0.1) is 24.8 Å². The summed E-state index contributed by atoms with van der Waals surface area (Å²) in [6.07, 6.45) is 9.80. The fourth-order valence-corrected chi connectivity index (χ4v) is 5.85. The molecule has 3 heterocycles. The zero-order chi connectivity index (χ0) is 19.4. The number of morpholine rings is 1. The maximum Gasteiger partial charge on any atom is 0.225 e. The molecule has 1 aromatic heterocycles. The Balaban J connectivity index is 1.24. The third-order valence-corrected chi connectivity index (χ3v) is 8.13. The molecule has 28 heavy (non-hydrogen) atoms. The zero-order valence-electron chi connectivity index (χ0n) is 17.3. The Morgan fingerprint density at radius 2 is 2.18 bits per heavy atom. The molecule has 3 atom stereocenters. The summed E-state index contributed by atoms with van der Waals surface area (Å²) in [4.78, 5) is 17.8. The molecule has 1 amide bonds. The average Bonchev–Trinajstić information content (AvgIpc) is 3.18.